The third kappa shape index (κ3) is 4.86. The van der Waals surface area contributed by atoms with Crippen LogP contribution in [0.3, 0.4) is 0 Å². The monoisotopic (exact) mass is 425 g/mol. The molecular weight excluding hydrogens is 398 g/mol. The van der Waals surface area contributed by atoms with E-state index in [2.05, 4.69) is 27.8 Å². The molecule has 3 N–H and O–H groups in total. The van der Waals surface area contributed by atoms with Crippen molar-refractivity contribution in [1.82, 2.24) is 10.6 Å². The van der Waals surface area contributed by atoms with E-state index in [4.69, 9.17) is 9.47 Å². The van der Waals surface area contributed by atoms with E-state index in [0.717, 1.165) is 40.3 Å². The molecule has 1 atom stereocenters. The number of fused-ring (bicyclic) bond motifs is 2. The second-order valence-electron chi connectivity index (χ2n) is 7.07. The maximum atomic E-state index is 10.6. The van der Waals surface area contributed by atoms with E-state index in [1.165, 1.54) is 4.70 Å². The summed E-state index contributed by atoms with van der Waals surface area (Å²) in [6, 6.07) is 16.1. The minimum Gasteiger partial charge on any atom is -0.490 e. The van der Waals surface area contributed by atoms with Crippen molar-refractivity contribution in [3.05, 3.63) is 59.0 Å². The Morgan fingerprint density at radius 1 is 1.13 bits per heavy atom. The number of rotatable bonds is 6. The van der Waals surface area contributed by atoms with Crippen LogP contribution in [0.5, 0.6) is 11.5 Å². The van der Waals surface area contributed by atoms with Crippen molar-refractivity contribution in [2.75, 3.05) is 26.3 Å². The standard InChI is InChI=1S/C23H27N3O3S/c1-2-24-23(25-14-17-8-5-9-19-22(17)29-12-6-11-28-19)26-15-18(27)21-13-16-7-3-4-10-20(16)30-21/h3-5,7-10,13,18,27H,2,6,11-12,14-15H2,1H3,(H2,24,25,26). The molecule has 0 radical (unpaired) electrons. The number of para-hydroxylation sites is 1. The van der Waals surface area contributed by atoms with Crippen LogP contribution in [0.4, 0.5) is 0 Å². The van der Waals surface area contributed by atoms with Gasteiger partial charge < -0.3 is 25.2 Å². The van der Waals surface area contributed by atoms with Crippen LogP contribution in [0, 0.1) is 0 Å². The van der Waals surface area contributed by atoms with Gasteiger partial charge in [-0.1, -0.05) is 30.3 Å². The van der Waals surface area contributed by atoms with Gasteiger partial charge in [0.1, 0.15) is 6.10 Å². The van der Waals surface area contributed by atoms with Crippen molar-refractivity contribution < 1.29 is 14.6 Å². The predicted molar refractivity (Wildman–Crippen MR) is 122 cm³/mol. The maximum Gasteiger partial charge on any atom is 0.191 e. The summed E-state index contributed by atoms with van der Waals surface area (Å²) >= 11 is 1.62. The molecule has 0 saturated heterocycles. The number of benzene rings is 2. The normalized spacial score (nSPS) is 14.9. The fourth-order valence-corrected chi connectivity index (χ4v) is 4.40. The molecule has 2 aromatic carbocycles. The van der Waals surface area contributed by atoms with Gasteiger partial charge in [0.25, 0.3) is 0 Å². The van der Waals surface area contributed by atoms with Crippen LogP contribution in [0.25, 0.3) is 10.1 Å². The lowest BCUT2D eigenvalue weighted by Gasteiger charge is -2.15. The molecule has 1 aliphatic rings. The quantitative estimate of drug-likeness (QED) is 0.413. The van der Waals surface area contributed by atoms with E-state index in [1.54, 1.807) is 11.3 Å². The first kappa shape index (κ1) is 20.5. The number of nitrogens with zero attached hydrogens (tertiary/aromatic N) is 1. The number of aliphatic imine (C=N–C) groups is 1. The molecular formula is C23H27N3O3S. The second-order valence-corrected chi connectivity index (χ2v) is 8.19. The van der Waals surface area contributed by atoms with Gasteiger partial charge in [-0.25, -0.2) is 4.99 Å². The van der Waals surface area contributed by atoms with Crippen molar-refractivity contribution in [2.24, 2.45) is 4.99 Å². The number of ether oxygens (including phenoxy) is 2. The molecule has 6 nitrogen and oxygen atoms in total. The summed E-state index contributed by atoms with van der Waals surface area (Å²) in [5, 5.41) is 18.3. The van der Waals surface area contributed by atoms with Gasteiger partial charge in [0.15, 0.2) is 17.5 Å². The first-order valence-corrected chi connectivity index (χ1v) is 11.1. The highest BCUT2D eigenvalue weighted by atomic mass is 32.1. The summed E-state index contributed by atoms with van der Waals surface area (Å²) in [7, 11) is 0. The minimum absolute atomic E-state index is 0.380. The Kier molecular flexibility index (Phi) is 6.71. The fraction of sp³-hybridized carbons (Fsp3) is 0.348. The Morgan fingerprint density at radius 3 is 2.87 bits per heavy atom. The zero-order chi connectivity index (χ0) is 20.8. The lowest BCUT2D eigenvalue weighted by molar-refractivity contribution is 0.184. The molecule has 0 amide bonds. The number of guanidine groups is 1. The average Bonchev–Trinajstić information content (AvgIpc) is 3.06. The van der Waals surface area contributed by atoms with E-state index in [-0.39, 0.29) is 0 Å². The van der Waals surface area contributed by atoms with Gasteiger partial charge in [-0.3, -0.25) is 0 Å². The van der Waals surface area contributed by atoms with Crippen molar-refractivity contribution in [2.45, 2.75) is 26.0 Å². The van der Waals surface area contributed by atoms with Crippen LogP contribution in [0.2, 0.25) is 0 Å². The van der Waals surface area contributed by atoms with Gasteiger partial charge in [-0.05, 0) is 30.5 Å². The molecule has 3 aromatic rings. The molecule has 1 aliphatic heterocycles. The first-order chi connectivity index (χ1) is 14.7. The number of nitrogens with one attached hydrogen (secondary N) is 2. The smallest absolute Gasteiger partial charge is 0.191 e. The van der Waals surface area contributed by atoms with Crippen molar-refractivity contribution >= 4 is 27.4 Å². The van der Waals surface area contributed by atoms with Crippen molar-refractivity contribution in [3.63, 3.8) is 0 Å². The molecule has 0 saturated carbocycles. The Balaban J connectivity index is 1.43. The first-order valence-electron chi connectivity index (χ1n) is 10.3. The topological polar surface area (TPSA) is 75.1 Å². The summed E-state index contributed by atoms with van der Waals surface area (Å²) in [5.74, 6) is 2.21. The number of aliphatic hydroxyl groups is 1. The van der Waals surface area contributed by atoms with Crippen LogP contribution >= 0.6 is 11.3 Å². The summed E-state index contributed by atoms with van der Waals surface area (Å²) in [4.78, 5) is 5.63. The predicted octanol–water partition coefficient (Wildman–Crippen LogP) is 3.85. The van der Waals surface area contributed by atoms with Gasteiger partial charge in [0.05, 0.1) is 19.8 Å². The summed E-state index contributed by atoms with van der Waals surface area (Å²) < 4.78 is 12.8. The molecule has 7 heteroatoms. The largest absolute Gasteiger partial charge is 0.490 e. The van der Waals surface area contributed by atoms with E-state index in [9.17, 15) is 5.11 Å². The van der Waals surface area contributed by atoms with Gasteiger partial charge >= 0.3 is 0 Å². The molecule has 4 rings (SSSR count). The second kappa shape index (κ2) is 9.82. The third-order valence-electron chi connectivity index (χ3n) is 4.84. The maximum absolute atomic E-state index is 10.6. The zero-order valence-electron chi connectivity index (χ0n) is 17.1. The van der Waals surface area contributed by atoms with E-state index < -0.39 is 6.10 Å². The van der Waals surface area contributed by atoms with Crippen LogP contribution in [0.15, 0.2) is 53.5 Å². The Hall–Kier alpha value is -2.77. The third-order valence-corrected chi connectivity index (χ3v) is 6.06. The lowest BCUT2D eigenvalue weighted by Crippen LogP contribution is -2.39. The average molecular weight is 426 g/mol. The summed E-state index contributed by atoms with van der Waals surface area (Å²) in [6.07, 6.45) is 0.271. The molecule has 0 aliphatic carbocycles. The van der Waals surface area contributed by atoms with Gasteiger partial charge in [0.2, 0.25) is 0 Å². The number of hydrogen-bond donors (Lipinski definition) is 3. The van der Waals surface area contributed by atoms with E-state index >= 15 is 0 Å². The van der Waals surface area contributed by atoms with Gasteiger partial charge in [-0.2, -0.15) is 0 Å². The summed E-state index contributed by atoms with van der Waals surface area (Å²) in [6.45, 7) is 4.90. The number of hydrogen-bond acceptors (Lipinski definition) is 5. The number of thiophene rings is 1. The molecule has 0 fully saturated rings. The van der Waals surface area contributed by atoms with Crippen LogP contribution in [-0.2, 0) is 6.54 Å². The van der Waals surface area contributed by atoms with Crippen molar-refractivity contribution in [1.29, 1.82) is 0 Å². The fourth-order valence-electron chi connectivity index (χ4n) is 3.35. The van der Waals surface area contributed by atoms with Crippen LogP contribution < -0.4 is 20.1 Å². The lowest BCUT2D eigenvalue weighted by atomic mass is 10.2. The minimum atomic E-state index is -0.601. The zero-order valence-corrected chi connectivity index (χ0v) is 17.9. The van der Waals surface area contributed by atoms with Gasteiger partial charge in [-0.15, -0.1) is 11.3 Å². The molecule has 1 unspecified atom stereocenters. The molecule has 30 heavy (non-hydrogen) atoms. The SMILES string of the molecule is CCNC(=NCc1cccc2c1OCCCO2)NCC(O)c1cc2ccccc2s1. The Labute approximate surface area is 180 Å². The van der Waals surface area contributed by atoms with E-state index in [0.29, 0.717) is 32.3 Å². The van der Waals surface area contributed by atoms with Crippen LogP contribution in [0.1, 0.15) is 29.9 Å². The van der Waals surface area contributed by atoms with Crippen molar-refractivity contribution in [3.8, 4) is 11.5 Å². The molecule has 158 valence electrons. The van der Waals surface area contributed by atoms with Gasteiger partial charge in [0, 0.05) is 34.7 Å². The molecule has 0 spiro atoms. The Morgan fingerprint density at radius 2 is 2.00 bits per heavy atom. The van der Waals surface area contributed by atoms with E-state index in [1.807, 2.05) is 43.3 Å². The highest BCUT2D eigenvalue weighted by Crippen LogP contribution is 2.33. The number of aliphatic hydroxyl groups excluding tert-OH is 1. The Bertz CT molecular complexity index is 985. The van der Waals surface area contributed by atoms with Crippen LogP contribution in [-0.4, -0.2) is 37.4 Å². The highest BCUT2D eigenvalue weighted by Gasteiger charge is 2.15. The molecule has 0 bridgehead atoms. The molecule has 2 heterocycles. The molecule has 1 aromatic heterocycles. The summed E-state index contributed by atoms with van der Waals surface area (Å²) in [5.41, 5.74) is 0.983. The highest BCUT2D eigenvalue weighted by molar-refractivity contribution is 7.19.